The Bertz CT molecular complexity index is 1080. The number of amides is 2. The van der Waals surface area contributed by atoms with Gasteiger partial charge in [-0.2, -0.15) is 0 Å². The zero-order chi connectivity index (χ0) is 24.3. The molecule has 3 aromatic carbocycles. The standard InChI is InChI=1S/C27H30N2O5/c1-20-9-12-23(13-10-20)29(27(31)34-19-22-7-5-4-6-8-22)18-26(30)28-16-15-21-11-14-24(32-2)25(17-21)33-3/h4-14,17H,15-16,18-19H2,1-3H3,(H,28,30). The van der Waals surface area contributed by atoms with Crippen molar-refractivity contribution in [1.82, 2.24) is 5.32 Å². The van der Waals surface area contributed by atoms with E-state index in [1.807, 2.05) is 67.6 Å². The maximum absolute atomic E-state index is 12.9. The second-order valence-electron chi connectivity index (χ2n) is 7.75. The molecule has 0 saturated carbocycles. The lowest BCUT2D eigenvalue weighted by Gasteiger charge is -2.22. The van der Waals surface area contributed by atoms with Crippen LogP contribution in [0, 0.1) is 6.92 Å². The van der Waals surface area contributed by atoms with Crippen LogP contribution in [0.1, 0.15) is 16.7 Å². The summed E-state index contributed by atoms with van der Waals surface area (Å²) in [6.07, 6.45) is 0.0254. The van der Waals surface area contributed by atoms with Gasteiger partial charge in [-0.1, -0.05) is 54.1 Å². The lowest BCUT2D eigenvalue weighted by atomic mass is 10.1. The van der Waals surface area contributed by atoms with Crippen molar-refractivity contribution in [1.29, 1.82) is 0 Å². The molecule has 7 heteroatoms. The van der Waals surface area contributed by atoms with Crippen molar-refractivity contribution in [3.05, 3.63) is 89.5 Å². The lowest BCUT2D eigenvalue weighted by molar-refractivity contribution is -0.119. The summed E-state index contributed by atoms with van der Waals surface area (Å²) >= 11 is 0. The zero-order valence-electron chi connectivity index (χ0n) is 19.7. The molecular weight excluding hydrogens is 432 g/mol. The molecule has 0 saturated heterocycles. The fourth-order valence-corrected chi connectivity index (χ4v) is 3.37. The third-order valence-electron chi connectivity index (χ3n) is 5.26. The first kappa shape index (κ1) is 24.6. The largest absolute Gasteiger partial charge is 0.493 e. The molecule has 0 unspecified atom stereocenters. The van der Waals surface area contributed by atoms with Crippen LogP contribution in [0.4, 0.5) is 10.5 Å². The van der Waals surface area contributed by atoms with E-state index in [4.69, 9.17) is 14.2 Å². The third-order valence-corrected chi connectivity index (χ3v) is 5.26. The van der Waals surface area contributed by atoms with E-state index in [9.17, 15) is 9.59 Å². The van der Waals surface area contributed by atoms with Gasteiger partial charge in [0.05, 0.1) is 14.2 Å². The minimum absolute atomic E-state index is 0.128. The van der Waals surface area contributed by atoms with E-state index < -0.39 is 6.09 Å². The van der Waals surface area contributed by atoms with Crippen molar-refractivity contribution in [2.75, 3.05) is 32.2 Å². The second kappa shape index (κ2) is 12.3. The predicted octanol–water partition coefficient (Wildman–Crippen LogP) is 4.51. The minimum Gasteiger partial charge on any atom is -0.493 e. The number of hydrogen-bond acceptors (Lipinski definition) is 5. The van der Waals surface area contributed by atoms with Gasteiger partial charge in [-0.05, 0) is 48.7 Å². The van der Waals surface area contributed by atoms with E-state index in [0.29, 0.717) is 30.2 Å². The highest BCUT2D eigenvalue weighted by molar-refractivity contribution is 5.94. The van der Waals surface area contributed by atoms with Crippen LogP contribution in [-0.4, -0.2) is 39.3 Å². The van der Waals surface area contributed by atoms with Crippen LogP contribution in [0.15, 0.2) is 72.8 Å². The first-order valence-electron chi connectivity index (χ1n) is 11.0. The Labute approximate surface area is 200 Å². The number of carbonyl (C=O) groups is 2. The first-order chi connectivity index (χ1) is 16.5. The van der Waals surface area contributed by atoms with Crippen molar-refractivity contribution in [3.8, 4) is 11.5 Å². The van der Waals surface area contributed by atoms with Gasteiger partial charge in [-0.15, -0.1) is 0 Å². The minimum atomic E-state index is -0.581. The first-order valence-corrected chi connectivity index (χ1v) is 11.0. The summed E-state index contributed by atoms with van der Waals surface area (Å²) in [6, 6.07) is 22.4. The van der Waals surface area contributed by atoms with Crippen LogP contribution in [0.5, 0.6) is 11.5 Å². The molecule has 7 nitrogen and oxygen atoms in total. The number of carbonyl (C=O) groups excluding carboxylic acids is 2. The van der Waals surface area contributed by atoms with E-state index in [0.717, 1.165) is 16.7 Å². The van der Waals surface area contributed by atoms with Gasteiger partial charge in [0.2, 0.25) is 5.91 Å². The number of aryl methyl sites for hydroxylation is 1. The maximum Gasteiger partial charge on any atom is 0.415 e. The molecule has 0 spiro atoms. The SMILES string of the molecule is COc1ccc(CCNC(=O)CN(C(=O)OCc2ccccc2)c2ccc(C)cc2)cc1OC. The molecule has 0 atom stereocenters. The van der Waals surface area contributed by atoms with E-state index >= 15 is 0 Å². The topological polar surface area (TPSA) is 77.1 Å². The van der Waals surface area contributed by atoms with Crippen LogP contribution in [0.3, 0.4) is 0 Å². The monoisotopic (exact) mass is 462 g/mol. The fraction of sp³-hybridized carbons (Fsp3) is 0.259. The Morgan fingerprint density at radius 2 is 1.56 bits per heavy atom. The maximum atomic E-state index is 12.9. The highest BCUT2D eigenvalue weighted by atomic mass is 16.6. The van der Waals surface area contributed by atoms with Crippen molar-refractivity contribution in [3.63, 3.8) is 0 Å². The van der Waals surface area contributed by atoms with Gasteiger partial charge >= 0.3 is 6.09 Å². The van der Waals surface area contributed by atoms with Crippen LogP contribution < -0.4 is 19.7 Å². The Morgan fingerprint density at radius 3 is 2.24 bits per heavy atom. The summed E-state index contributed by atoms with van der Waals surface area (Å²) in [4.78, 5) is 26.9. The van der Waals surface area contributed by atoms with Gasteiger partial charge in [0, 0.05) is 12.2 Å². The van der Waals surface area contributed by atoms with Crippen LogP contribution in [0.25, 0.3) is 0 Å². The fourth-order valence-electron chi connectivity index (χ4n) is 3.37. The van der Waals surface area contributed by atoms with E-state index in [-0.39, 0.29) is 19.1 Å². The Balaban J connectivity index is 1.60. The van der Waals surface area contributed by atoms with E-state index in [2.05, 4.69) is 5.32 Å². The molecule has 0 aliphatic rings. The molecular formula is C27H30N2O5. The van der Waals surface area contributed by atoms with Gasteiger partial charge in [0.25, 0.3) is 0 Å². The number of methoxy groups -OCH3 is 2. The summed E-state index contributed by atoms with van der Waals surface area (Å²) in [7, 11) is 3.17. The molecule has 0 radical (unpaired) electrons. The summed E-state index contributed by atoms with van der Waals surface area (Å²) in [6.45, 7) is 2.35. The summed E-state index contributed by atoms with van der Waals surface area (Å²) < 4.78 is 16.1. The lowest BCUT2D eigenvalue weighted by Crippen LogP contribution is -2.41. The van der Waals surface area contributed by atoms with Crippen molar-refractivity contribution < 1.29 is 23.8 Å². The van der Waals surface area contributed by atoms with Crippen molar-refractivity contribution in [2.24, 2.45) is 0 Å². The van der Waals surface area contributed by atoms with E-state index in [1.54, 1.807) is 26.4 Å². The van der Waals surface area contributed by atoms with Crippen LogP contribution in [-0.2, 0) is 22.6 Å². The highest BCUT2D eigenvalue weighted by Gasteiger charge is 2.21. The molecule has 0 aromatic heterocycles. The molecule has 3 rings (SSSR count). The smallest absolute Gasteiger partial charge is 0.415 e. The average molecular weight is 463 g/mol. The van der Waals surface area contributed by atoms with Crippen molar-refractivity contribution >= 4 is 17.7 Å². The molecule has 178 valence electrons. The van der Waals surface area contributed by atoms with Gasteiger partial charge in [0.15, 0.2) is 11.5 Å². The molecule has 34 heavy (non-hydrogen) atoms. The summed E-state index contributed by atoms with van der Waals surface area (Å²) in [5.41, 5.74) is 3.52. The molecule has 0 heterocycles. The number of rotatable bonds is 10. The second-order valence-corrected chi connectivity index (χ2v) is 7.75. The van der Waals surface area contributed by atoms with Gasteiger partial charge < -0.3 is 19.5 Å². The quantitative estimate of drug-likeness (QED) is 0.480. The molecule has 3 aromatic rings. The summed E-state index contributed by atoms with van der Waals surface area (Å²) in [5.74, 6) is 1.01. The van der Waals surface area contributed by atoms with Crippen molar-refractivity contribution in [2.45, 2.75) is 20.0 Å². The highest BCUT2D eigenvalue weighted by Crippen LogP contribution is 2.27. The molecule has 0 aliphatic heterocycles. The normalized spacial score (nSPS) is 10.3. The average Bonchev–Trinajstić information content (AvgIpc) is 2.87. The summed E-state index contributed by atoms with van der Waals surface area (Å²) in [5, 5.41) is 2.88. The molecule has 1 N–H and O–H groups in total. The Kier molecular flexibility index (Phi) is 8.91. The van der Waals surface area contributed by atoms with Crippen LogP contribution in [0.2, 0.25) is 0 Å². The molecule has 0 aliphatic carbocycles. The van der Waals surface area contributed by atoms with Crippen LogP contribution >= 0.6 is 0 Å². The number of nitrogens with one attached hydrogen (secondary N) is 1. The number of anilines is 1. The number of ether oxygens (including phenoxy) is 3. The number of hydrogen-bond donors (Lipinski definition) is 1. The molecule has 2 amide bonds. The number of nitrogens with zero attached hydrogens (tertiary/aromatic N) is 1. The van der Waals surface area contributed by atoms with E-state index in [1.165, 1.54) is 4.90 Å². The number of benzene rings is 3. The predicted molar refractivity (Wildman–Crippen MR) is 131 cm³/mol. The molecule has 0 bridgehead atoms. The Hall–Kier alpha value is -4.00. The van der Waals surface area contributed by atoms with Gasteiger partial charge in [-0.25, -0.2) is 4.79 Å². The van der Waals surface area contributed by atoms with Gasteiger partial charge in [-0.3, -0.25) is 9.69 Å². The molecule has 0 fully saturated rings. The third kappa shape index (κ3) is 7.00. The Morgan fingerprint density at radius 1 is 0.853 bits per heavy atom. The van der Waals surface area contributed by atoms with Gasteiger partial charge in [0.1, 0.15) is 13.2 Å². The zero-order valence-corrected chi connectivity index (χ0v) is 19.7.